The molecule has 2 amide bonds. The number of rotatable bonds is 5. The van der Waals surface area contributed by atoms with E-state index in [0.29, 0.717) is 18.0 Å². The van der Waals surface area contributed by atoms with Crippen LogP contribution in [0.1, 0.15) is 26.7 Å². The molecule has 0 saturated carbocycles. The molecule has 0 atom stereocenters. The van der Waals surface area contributed by atoms with E-state index in [-0.39, 0.29) is 11.8 Å². The highest BCUT2D eigenvalue weighted by Crippen LogP contribution is 2.26. The van der Waals surface area contributed by atoms with Gasteiger partial charge in [-0.25, -0.2) is 4.98 Å². The highest BCUT2D eigenvalue weighted by molar-refractivity contribution is 7.14. The number of nitrogens with zero attached hydrogens (tertiary/aromatic N) is 1. The molecule has 0 aliphatic carbocycles. The van der Waals surface area contributed by atoms with Gasteiger partial charge in [-0.3, -0.25) is 9.59 Å². The van der Waals surface area contributed by atoms with Crippen molar-refractivity contribution in [2.45, 2.75) is 26.7 Å². The monoisotopic (exact) mass is 303 g/mol. The number of benzene rings is 1. The van der Waals surface area contributed by atoms with Gasteiger partial charge in [0.15, 0.2) is 5.13 Å². The van der Waals surface area contributed by atoms with Crippen molar-refractivity contribution in [1.82, 2.24) is 4.98 Å². The molecule has 0 unspecified atom stereocenters. The molecule has 0 aliphatic rings. The zero-order chi connectivity index (χ0) is 15.2. The largest absolute Gasteiger partial charge is 0.326 e. The van der Waals surface area contributed by atoms with Crippen LogP contribution < -0.4 is 10.6 Å². The summed E-state index contributed by atoms with van der Waals surface area (Å²) >= 11 is 1.39. The molecule has 0 saturated heterocycles. The van der Waals surface area contributed by atoms with E-state index < -0.39 is 0 Å². The third-order valence-corrected chi connectivity index (χ3v) is 3.61. The average molecular weight is 303 g/mol. The molecule has 6 heteroatoms. The van der Waals surface area contributed by atoms with Gasteiger partial charge in [0.05, 0.1) is 5.69 Å². The summed E-state index contributed by atoms with van der Waals surface area (Å²) in [5.41, 5.74) is 2.51. The van der Waals surface area contributed by atoms with Crippen molar-refractivity contribution >= 4 is 34.0 Å². The SMILES string of the molecule is CCC(=O)Nc1ccc(-c2csc(NC(=O)CC)n2)cc1. The first kappa shape index (κ1) is 15.2. The van der Waals surface area contributed by atoms with Crippen LogP contribution in [0, 0.1) is 0 Å². The smallest absolute Gasteiger partial charge is 0.225 e. The lowest BCUT2D eigenvalue weighted by Crippen LogP contribution is -2.09. The molecular formula is C15H17N3O2S. The molecule has 110 valence electrons. The van der Waals surface area contributed by atoms with E-state index in [1.54, 1.807) is 6.92 Å². The van der Waals surface area contributed by atoms with E-state index >= 15 is 0 Å². The fraction of sp³-hybridized carbons (Fsp3) is 0.267. The maximum Gasteiger partial charge on any atom is 0.225 e. The van der Waals surface area contributed by atoms with Crippen molar-refractivity contribution in [3.8, 4) is 11.3 Å². The molecule has 2 N–H and O–H groups in total. The predicted octanol–water partition coefficient (Wildman–Crippen LogP) is 3.51. The van der Waals surface area contributed by atoms with E-state index in [2.05, 4.69) is 15.6 Å². The molecule has 0 radical (unpaired) electrons. The zero-order valence-corrected chi connectivity index (χ0v) is 12.8. The maximum absolute atomic E-state index is 11.3. The van der Waals surface area contributed by atoms with E-state index in [0.717, 1.165) is 16.9 Å². The van der Waals surface area contributed by atoms with Crippen molar-refractivity contribution in [1.29, 1.82) is 0 Å². The minimum Gasteiger partial charge on any atom is -0.326 e. The summed E-state index contributed by atoms with van der Waals surface area (Å²) in [5.74, 6) is -0.0606. The van der Waals surface area contributed by atoms with Gasteiger partial charge in [-0.2, -0.15) is 0 Å². The number of aromatic nitrogens is 1. The zero-order valence-electron chi connectivity index (χ0n) is 12.0. The molecule has 2 rings (SSSR count). The Labute approximate surface area is 127 Å². The quantitative estimate of drug-likeness (QED) is 0.888. The first-order valence-electron chi connectivity index (χ1n) is 6.78. The molecule has 21 heavy (non-hydrogen) atoms. The molecule has 0 bridgehead atoms. The Morgan fingerprint density at radius 1 is 1.05 bits per heavy atom. The lowest BCUT2D eigenvalue weighted by atomic mass is 10.1. The van der Waals surface area contributed by atoms with Gasteiger partial charge < -0.3 is 10.6 Å². The van der Waals surface area contributed by atoms with Gasteiger partial charge in [-0.1, -0.05) is 26.0 Å². The van der Waals surface area contributed by atoms with Gasteiger partial charge in [-0.15, -0.1) is 11.3 Å². The summed E-state index contributed by atoms with van der Waals surface area (Å²) in [4.78, 5) is 27.0. The van der Waals surface area contributed by atoms with Gasteiger partial charge in [0.2, 0.25) is 11.8 Å². The molecular weight excluding hydrogens is 286 g/mol. The second kappa shape index (κ2) is 6.99. The molecule has 5 nitrogen and oxygen atoms in total. The Kier molecular flexibility index (Phi) is 5.05. The molecule has 1 heterocycles. The van der Waals surface area contributed by atoms with E-state index in [1.165, 1.54) is 11.3 Å². The highest BCUT2D eigenvalue weighted by Gasteiger charge is 2.07. The van der Waals surface area contributed by atoms with Crippen LogP contribution >= 0.6 is 11.3 Å². The first-order valence-corrected chi connectivity index (χ1v) is 7.66. The summed E-state index contributed by atoms with van der Waals surface area (Å²) in [6.45, 7) is 3.61. The summed E-state index contributed by atoms with van der Waals surface area (Å²) in [6.07, 6.45) is 0.884. The standard InChI is InChI=1S/C15H17N3O2S/c1-3-13(19)16-11-7-5-10(6-8-11)12-9-21-15(17-12)18-14(20)4-2/h5-9H,3-4H2,1-2H3,(H,16,19)(H,17,18,20). The van der Waals surface area contributed by atoms with Crippen molar-refractivity contribution in [3.63, 3.8) is 0 Å². The Balaban J connectivity index is 2.08. The van der Waals surface area contributed by atoms with Crippen LogP contribution in [-0.4, -0.2) is 16.8 Å². The Morgan fingerprint density at radius 3 is 2.29 bits per heavy atom. The van der Waals surface area contributed by atoms with Gasteiger partial charge in [0.25, 0.3) is 0 Å². The van der Waals surface area contributed by atoms with Crippen LogP contribution in [-0.2, 0) is 9.59 Å². The van der Waals surface area contributed by atoms with Gasteiger partial charge >= 0.3 is 0 Å². The van der Waals surface area contributed by atoms with Crippen molar-refractivity contribution in [3.05, 3.63) is 29.6 Å². The van der Waals surface area contributed by atoms with Gasteiger partial charge in [0, 0.05) is 29.5 Å². The second-order valence-electron chi connectivity index (χ2n) is 4.42. The number of anilines is 2. The van der Waals surface area contributed by atoms with Crippen LogP contribution in [0.4, 0.5) is 10.8 Å². The molecule has 0 aliphatic heterocycles. The van der Waals surface area contributed by atoms with E-state index in [9.17, 15) is 9.59 Å². The normalized spacial score (nSPS) is 10.2. The molecule has 2 aromatic rings. The van der Waals surface area contributed by atoms with Gasteiger partial charge in [0.1, 0.15) is 0 Å². The predicted molar refractivity (Wildman–Crippen MR) is 85.4 cm³/mol. The fourth-order valence-electron chi connectivity index (χ4n) is 1.65. The lowest BCUT2D eigenvalue weighted by Gasteiger charge is -2.04. The average Bonchev–Trinajstić information content (AvgIpc) is 2.96. The summed E-state index contributed by atoms with van der Waals surface area (Å²) in [7, 11) is 0. The number of carbonyl (C=O) groups is 2. The van der Waals surface area contributed by atoms with Crippen LogP contribution in [0.5, 0.6) is 0 Å². The molecule has 0 spiro atoms. The Morgan fingerprint density at radius 2 is 1.67 bits per heavy atom. The van der Waals surface area contributed by atoms with Crippen molar-refractivity contribution in [2.75, 3.05) is 10.6 Å². The van der Waals surface area contributed by atoms with E-state index in [1.807, 2.05) is 36.6 Å². The van der Waals surface area contributed by atoms with Crippen LogP contribution in [0.15, 0.2) is 29.6 Å². The van der Waals surface area contributed by atoms with Crippen LogP contribution in [0.25, 0.3) is 11.3 Å². The minimum atomic E-state index is -0.0477. The first-order chi connectivity index (χ1) is 10.1. The number of thiazole rings is 1. The fourth-order valence-corrected chi connectivity index (χ4v) is 2.38. The summed E-state index contributed by atoms with van der Waals surface area (Å²) in [6, 6.07) is 7.47. The Hall–Kier alpha value is -2.21. The maximum atomic E-state index is 11.3. The topological polar surface area (TPSA) is 71.1 Å². The third kappa shape index (κ3) is 4.13. The third-order valence-electron chi connectivity index (χ3n) is 2.86. The summed E-state index contributed by atoms with van der Waals surface area (Å²) < 4.78 is 0. The highest BCUT2D eigenvalue weighted by atomic mass is 32.1. The molecule has 1 aromatic heterocycles. The minimum absolute atomic E-state index is 0.0130. The second-order valence-corrected chi connectivity index (χ2v) is 5.28. The van der Waals surface area contributed by atoms with Crippen LogP contribution in [0.3, 0.4) is 0 Å². The van der Waals surface area contributed by atoms with Gasteiger partial charge in [-0.05, 0) is 12.1 Å². The number of nitrogens with one attached hydrogen (secondary N) is 2. The summed E-state index contributed by atoms with van der Waals surface area (Å²) in [5, 5.41) is 8.02. The molecule has 0 fully saturated rings. The lowest BCUT2D eigenvalue weighted by molar-refractivity contribution is -0.116. The van der Waals surface area contributed by atoms with Crippen LogP contribution in [0.2, 0.25) is 0 Å². The molecule has 1 aromatic carbocycles. The number of hydrogen-bond donors (Lipinski definition) is 2. The van der Waals surface area contributed by atoms with Crippen molar-refractivity contribution in [2.24, 2.45) is 0 Å². The number of carbonyl (C=O) groups excluding carboxylic acids is 2. The number of amides is 2. The van der Waals surface area contributed by atoms with Crippen molar-refractivity contribution < 1.29 is 9.59 Å². The van der Waals surface area contributed by atoms with E-state index in [4.69, 9.17) is 0 Å². The number of hydrogen-bond acceptors (Lipinski definition) is 4. The Bertz CT molecular complexity index is 635.